The van der Waals surface area contributed by atoms with E-state index in [2.05, 4.69) is 28.1 Å². The van der Waals surface area contributed by atoms with Gasteiger partial charge in [0, 0.05) is 23.7 Å². The summed E-state index contributed by atoms with van der Waals surface area (Å²) in [7, 11) is 0. The van der Waals surface area contributed by atoms with Crippen molar-refractivity contribution in [2.45, 2.75) is 6.92 Å². The molecule has 3 heteroatoms. The Balaban J connectivity index is 2.81. The number of rotatable bonds is 0. The predicted molar refractivity (Wildman–Crippen MR) is 47.9 cm³/mol. The Morgan fingerprint density at radius 2 is 2.27 bits per heavy atom. The van der Waals surface area contributed by atoms with Gasteiger partial charge < -0.3 is 0 Å². The summed E-state index contributed by atoms with van der Waals surface area (Å²) in [6, 6.07) is 4.00. The molecule has 2 heterocycles. The van der Waals surface area contributed by atoms with Crippen molar-refractivity contribution in [2.24, 2.45) is 0 Å². The van der Waals surface area contributed by atoms with Crippen LogP contribution in [0.15, 0.2) is 24.5 Å². The number of hydrogen-bond donors (Lipinski definition) is 0. The van der Waals surface area contributed by atoms with Crippen LogP contribution in [0.3, 0.4) is 0 Å². The Kier molecular flexibility index (Phi) is 1.46. The molecule has 0 aromatic rings. The van der Waals surface area contributed by atoms with Gasteiger partial charge >= 0.3 is 0 Å². The van der Waals surface area contributed by atoms with Gasteiger partial charge in [0.15, 0.2) is 0 Å². The zero-order valence-electron chi connectivity index (χ0n) is 6.08. The molecule has 0 aromatic heterocycles. The van der Waals surface area contributed by atoms with Crippen LogP contribution in [0, 0.1) is 6.92 Å². The van der Waals surface area contributed by atoms with E-state index in [0.717, 1.165) is 5.69 Å². The Labute approximate surface area is 73.5 Å². The minimum Gasteiger partial charge on any atom is -0.288 e. The van der Waals surface area contributed by atoms with Crippen molar-refractivity contribution < 1.29 is 0 Å². The normalized spacial score (nSPS) is 10.7. The summed E-state index contributed by atoms with van der Waals surface area (Å²) < 4.78 is 1.91. The topological polar surface area (TPSA) is 17.8 Å². The standard InChI is InChI=1S/C8H7BrN2/c1-6-7-2-4-10-8(7)3-5-11(6)9/h2-5H,1H3. The highest BCUT2D eigenvalue weighted by atomic mass is 79.9. The molecule has 0 bridgehead atoms. The summed E-state index contributed by atoms with van der Waals surface area (Å²) in [5, 5.41) is 0. The number of hydrogen-bond acceptors (Lipinski definition) is 1. The fraction of sp³-hybridized carbons (Fsp3) is 0.125. The summed E-state index contributed by atoms with van der Waals surface area (Å²) in [6.07, 6.45) is 3.77. The van der Waals surface area contributed by atoms with Gasteiger partial charge in [0.05, 0.1) is 21.8 Å². The van der Waals surface area contributed by atoms with Crippen molar-refractivity contribution in [3.8, 4) is 11.3 Å². The van der Waals surface area contributed by atoms with Crippen LogP contribution in [0.2, 0.25) is 0 Å². The molecule has 11 heavy (non-hydrogen) atoms. The summed E-state index contributed by atoms with van der Waals surface area (Å²) >= 11 is 3.39. The van der Waals surface area contributed by atoms with Gasteiger partial charge in [-0.2, -0.15) is 0 Å². The predicted octanol–water partition coefficient (Wildman–Crippen LogP) is 2.45. The quantitative estimate of drug-likeness (QED) is 0.654. The number of fused-ring (bicyclic) bond motifs is 1. The Bertz CT molecular complexity index is 353. The van der Waals surface area contributed by atoms with E-state index in [9.17, 15) is 0 Å². The highest BCUT2D eigenvalue weighted by Crippen LogP contribution is 2.24. The molecule has 0 aromatic carbocycles. The minimum absolute atomic E-state index is 1.05. The molecule has 0 amide bonds. The van der Waals surface area contributed by atoms with E-state index in [1.54, 1.807) is 0 Å². The molecule has 0 aliphatic carbocycles. The van der Waals surface area contributed by atoms with Gasteiger partial charge in [0.1, 0.15) is 0 Å². The van der Waals surface area contributed by atoms with Crippen LogP contribution >= 0.6 is 16.1 Å². The first kappa shape index (κ1) is 6.85. The molecule has 0 atom stereocenters. The molecule has 0 saturated heterocycles. The molecule has 2 rings (SSSR count). The van der Waals surface area contributed by atoms with Crippen molar-refractivity contribution in [1.29, 1.82) is 0 Å². The van der Waals surface area contributed by atoms with E-state index in [-0.39, 0.29) is 0 Å². The van der Waals surface area contributed by atoms with E-state index < -0.39 is 0 Å². The molecule has 0 spiro atoms. The van der Waals surface area contributed by atoms with Crippen LogP contribution in [-0.4, -0.2) is 8.58 Å². The molecule has 56 valence electrons. The summed E-state index contributed by atoms with van der Waals surface area (Å²) in [5.74, 6) is 0. The molecule has 0 saturated carbocycles. The Morgan fingerprint density at radius 1 is 1.45 bits per heavy atom. The average molecular weight is 211 g/mol. The lowest BCUT2D eigenvalue weighted by Crippen LogP contribution is -1.91. The van der Waals surface area contributed by atoms with Crippen molar-refractivity contribution >= 4 is 16.1 Å². The summed E-state index contributed by atoms with van der Waals surface area (Å²) in [5.41, 5.74) is 3.43. The molecule has 0 fully saturated rings. The first-order chi connectivity index (χ1) is 5.29. The molecular formula is C8H7BrN2. The van der Waals surface area contributed by atoms with Gasteiger partial charge in [0.25, 0.3) is 0 Å². The van der Waals surface area contributed by atoms with Gasteiger partial charge in [-0.1, -0.05) is 0 Å². The largest absolute Gasteiger partial charge is 0.288 e. The fourth-order valence-electron chi connectivity index (χ4n) is 1.15. The van der Waals surface area contributed by atoms with E-state index in [0.29, 0.717) is 0 Å². The van der Waals surface area contributed by atoms with Gasteiger partial charge in [-0.15, -0.1) is 0 Å². The second-order valence-corrected chi connectivity index (χ2v) is 3.22. The van der Waals surface area contributed by atoms with E-state index in [1.807, 2.05) is 28.1 Å². The summed E-state index contributed by atoms with van der Waals surface area (Å²) in [6.45, 7) is 2.05. The minimum atomic E-state index is 1.05. The Morgan fingerprint density at radius 3 is 3.09 bits per heavy atom. The fourth-order valence-corrected chi connectivity index (χ4v) is 1.46. The molecule has 2 nitrogen and oxygen atoms in total. The second-order valence-electron chi connectivity index (χ2n) is 2.46. The second kappa shape index (κ2) is 2.34. The number of nitrogens with zero attached hydrogens (tertiary/aromatic N) is 2. The highest BCUT2D eigenvalue weighted by molar-refractivity contribution is 9.08. The maximum atomic E-state index is 4.19. The lowest BCUT2D eigenvalue weighted by Gasteiger charge is -2.05. The van der Waals surface area contributed by atoms with Crippen molar-refractivity contribution in [3.63, 3.8) is 0 Å². The van der Waals surface area contributed by atoms with Crippen molar-refractivity contribution in [3.05, 3.63) is 30.2 Å². The van der Waals surface area contributed by atoms with Gasteiger partial charge in [0.2, 0.25) is 0 Å². The van der Waals surface area contributed by atoms with Crippen LogP contribution in [0.5, 0.6) is 0 Å². The van der Waals surface area contributed by atoms with E-state index in [4.69, 9.17) is 0 Å². The number of aromatic nitrogens is 2. The molecular weight excluding hydrogens is 204 g/mol. The molecule has 2 aliphatic heterocycles. The average Bonchev–Trinajstić information content (AvgIpc) is 2.45. The molecule has 0 N–H and O–H groups in total. The first-order valence-corrected chi connectivity index (χ1v) is 4.09. The molecule has 0 radical (unpaired) electrons. The number of halogens is 1. The SMILES string of the molecule is Cc1c2ccnc-2ccn1Br. The van der Waals surface area contributed by atoms with E-state index in [1.165, 1.54) is 11.3 Å². The Hall–Kier alpha value is -0.830. The van der Waals surface area contributed by atoms with Crippen molar-refractivity contribution in [2.75, 3.05) is 0 Å². The van der Waals surface area contributed by atoms with Crippen LogP contribution in [-0.2, 0) is 0 Å². The first-order valence-electron chi connectivity index (χ1n) is 3.38. The lowest BCUT2D eigenvalue weighted by atomic mass is 10.2. The van der Waals surface area contributed by atoms with Crippen LogP contribution in [0.25, 0.3) is 11.3 Å². The molecule has 2 aliphatic rings. The van der Waals surface area contributed by atoms with Crippen LogP contribution in [0.4, 0.5) is 0 Å². The maximum Gasteiger partial charge on any atom is 0.0735 e. The summed E-state index contributed by atoms with van der Waals surface area (Å²) in [4.78, 5) is 4.19. The van der Waals surface area contributed by atoms with Gasteiger partial charge in [-0.05, 0) is 19.1 Å². The third-order valence-electron chi connectivity index (χ3n) is 1.80. The lowest BCUT2D eigenvalue weighted by molar-refractivity contribution is 1.14. The zero-order chi connectivity index (χ0) is 7.84. The third-order valence-corrected chi connectivity index (χ3v) is 2.57. The molecule has 0 unspecified atom stereocenters. The van der Waals surface area contributed by atoms with Crippen LogP contribution < -0.4 is 0 Å². The zero-order valence-corrected chi connectivity index (χ0v) is 7.67. The third kappa shape index (κ3) is 0.959. The maximum absolute atomic E-state index is 4.19. The van der Waals surface area contributed by atoms with Crippen molar-refractivity contribution in [1.82, 2.24) is 8.58 Å². The monoisotopic (exact) mass is 210 g/mol. The van der Waals surface area contributed by atoms with Crippen LogP contribution in [0.1, 0.15) is 5.69 Å². The smallest absolute Gasteiger partial charge is 0.0735 e. The van der Waals surface area contributed by atoms with E-state index >= 15 is 0 Å². The van der Waals surface area contributed by atoms with Gasteiger partial charge in [-0.25, -0.2) is 0 Å². The van der Waals surface area contributed by atoms with Gasteiger partial charge in [-0.3, -0.25) is 8.58 Å². The highest BCUT2D eigenvalue weighted by Gasteiger charge is 2.06. The number of pyridine rings is 1.